The van der Waals surface area contributed by atoms with E-state index in [1.165, 1.54) is 11.1 Å². The van der Waals surface area contributed by atoms with Crippen LogP contribution in [0.2, 0.25) is 0 Å². The Labute approximate surface area is 109 Å². The Balaban J connectivity index is 2.16. The zero-order valence-electron chi connectivity index (χ0n) is 11.1. The molecule has 2 N–H and O–H groups in total. The van der Waals surface area contributed by atoms with Gasteiger partial charge in [0.05, 0.1) is 12.2 Å². The van der Waals surface area contributed by atoms with Gasteiger partial charge in [0.2, 0.25) is 0 Å². The monoisotopic (exact) mass is 246 g/mol. The Morgan fingerprint density at radius 3 is 2.44 bits per heavy atom. The van der Waals surface area contributed by atoms with Crippen LogP contribution in [0.25, 0.3) is 0 Å². The third-order valence-corrected chi connectivity index (χ3v) is 4.12. The molecule has 1 aromatic carbocycles. The highest BCUT2D eigenvalue weighted by molar-refractivity contribution is 5.24. The highest BCUT2D eigenvalue weighted by Crippen LogP contribution is 2.30. The summed E-state index contributed by atoms with van der Waals surface area (Å²) in [5.41, 5.74) is 2.49. The van der Waals surface area contributed by atoms with E-state index in [0.29, 0.717) is 6.42 Å². The van der Waals surface area contributed by atoms with Gasteiger partial charge >= 0.3 is 0 Å². The molecule has 0 fully saturated rings. The van der Waals surface area contributed by atoms with Gasteiger partial charge in [-0.15, -0.1) is 0 Å². The number of rotatable bonds is 2. The smallest absolute Gasteiger partial charge is 0.0653 e. The predicted octanol–water partition coefficient (Wildman–Crippen LogP) is 2.55. The average Bonchev–Trinajstić information content (AvgIpc) is 2.48. The van der Waals surface area contributed by atoms with E-state index >= 15 is 0 Å². The van der Waals surface area contributed by atoms with Crippen LogP contribution in [0, 0.1) is 11.8 Å². The van der Waals surface area contributed by atoms with Crippen molar-refractivity contribution in [2.45, 2.75) is 38.9 Å². The first-order chi connectivity index (χ1) is 8.59. The minimum absolute atomic E-state index is 0.0653. The van der Waals surface area contributed by atoms with E-state index in [9.17, 15) is 10.2 Å². The zero-order chi connectivity index (χ0) is 13.1. The summed E-state index contributed by atoms with van der Waals surface area (Å²) >= 11 is 0. The van der Waals surface area contributed by atoms with Crippen LogP contribution in [-0.4, -0.2) is 22.4 Å². The number of hydrogen-bond acceptors (Lipinski definition) is 2. The Kier molecular flexibility index (Phi) is 4.20. The van der Waals surface area contributed by atoms with Gasteiger partial charge in [-0.2, -0.15) is 0 Å². The molecular weight excluding hydrogens is 224 g/mol. The van der Waals surface area contributed by atoms with Gasteiger partial charge in [-0.3, -0.25) is 0 Å². The van der Waals surface area contributed by atoms with E-state index in [0.717, 1.165) is 6.42 Å². The first-order valence-electron chi connectivity index (χ1n) is 6.68. The summed E-state index contributed by atoms with van der Waals surface area (Å²) in [6.45, 7) is 3.97. The van der Waals surface area contributed by atoms with Crippen LogP contribution in [-0.2, 0) is 6.42 Å². The molecule has 2 nitrogen and oxygen atoms in total. The lowest BCUT2D eigenvalue weighted by molar-refractivity contribution is 0.00823. The van der Waals surface area contributed by atoms with Crippen molar-refractivity contribution in [1.29, 1.82) is 0 Å². The molecule has 0 spiro atoms. The third kappa shape index (κ3) is 2.82. The lowest BCUT2D eigenvalue weighted by Gasteiger charge is -2.26. The fourth-order valence-corrected chi connectivity index (χ4v) is 2.64. The predicted molar refractivity (Wildman–Crippen MR) is 73.2 cm³/mol. The molecule has 0 bridgehead atoms. The van der Waals surface area contributed by atoms with E-state index in [2.05, 4.69) is 18.2 Å². The van der Waals surface area contributed by atoms with Crippen molar-refractivity contribution in [3.63, 3.8) is 0 Å². The van der Waals surface area contributed by atoms with Gasteiger partial charge in [-0.1, -0.05) is 55.8 Å². The van der Waals surface area contributed by atoms with Crippen LogP contribution in [0.5, 0.6) is 0 Å². The molecule has 1 aromatic rings. The quantitative estimate of drug-likeness (QED) is 0.787. The maximum Gasteiger partial charge on any atom is 0.0653 e. The van der Waals surface area contributed by atoms with Crippen molar-refractivity contribution in [2.75, 3.05) is 0 Å². The molecule has 0 aromatic heterocycles. The summed E-state index contributed by atoms with van der Waals surface area (Å²) in [5.74, 6) is 0.0434. The van der Waals surface area contributed by atoms with Crippen molar-refractivity contribution < 1.29 is 10.2 Å². The SMILES string of the molecule is C[C@H]1[C@H](O)[C@H](C)C(Cc2ccccc2)=CC[C@H]1O. The summed E-state index contributed by atoms with van der Waals surface area (Å²) in [4.78, 5) is 0. The number of benzene rings is 1. The minimum Gasteiger partial charge on any atom is -0.392 e. The number of aliphatic hydroxyl groups excluding tert-OH is 2. The first kappa shape index (κ1) is 13.3. The summed E-state index contributed by atoms with van der Waals surface area (Å²) in [6.07, 6.45) is 2.71. The standard InChI is InChI=1S/C16H22O2/c1-11-14(10-13-6-4-3-5-7-13)8-9-15(17)12(2)16(11)18/h3-8,11-12,15-18H,9-10H2,1-2H3/t11-,12-,15-,16-/m1/s1. The molecule has 0 unspecified atom stereocenters. The first-order valence-corrected chi connectivity index (χ1v) is 6.68. The Morgan fingerprint density at radius 1 is 1.11 bits per heavy atom. The van der Waals surface area contributed by atoms with Gasteiger partial charge in [0, 0.05) is 11.8 Å². The van der Waals surface area contributed by atoms with E-state index in [1.54, 1.807) is 0 Å². The van der Waals surface area contributed by atoms with Gasteiger partial charge < -0.3 is 10.2 Å². The van der Waals surface area contributed by atoms with E-state index < -0.39 is 12.2 Å². The molecule has 0 saturated carbocycles. The van der Waals surface area contributed by atoms with E-state index in [1.807, 2.05) is 32.0 Å². The average molecular weight is 246 g/mol. The lowest BCUT2D eigenvalue weighted by atomic mass is 9.86. The summed E-state index contributed by atoms with van der Waals surface area (Å²) < 4.78 is 0. The Hall–Kier alpha value is -1.12. The van der Waals surface area contributed by atoms with Crippen molar-refractivity contribution in [3.8, 4) is 0 Å². The fraction of sp³-hybridized carbons (Fsp3) is 0.500. The van der Waals surface area contributed by atoms with Crippen molar-refractivity contribution >= 4 is 0 Å². The highest BCUT2D eigenvalue weighted by atomic mass is 16.3. The second kappa shape index (κ2) is 5.68. The lowest BCUT2D eigenvalue weighted by Crippen LogP contribution is -2.32. The second-order valence-corrected chi connectivity index (χ2v) is 5.38. The van der Waals surface area contributed by atoms with E-state index in [-0.39, 0.29) is 11.8 Å². The zero-order valence-corrected chi connectivity index (χ0v) is 11.1. The number of aliphatic hydroxyl groups is 2. The molecule has 0 aliphatic heterocycles. The van der Waals surface area contributed by atoms with Crippen LogP contribution in [0.4, 0.5) is 0 Å². The molecule has 0 saturated heterocycles. The van der Waals surface area contributed by atoms with Crippen LogP contribution < -0.4 is 0 Å². The molecule has 18 heavy (non-hydrogen) atoms. The minimum atomic E-state index is -0.461. The molecule has 2 heteroatoms. The van der Waals surface area contributed by atoms with Crippen molar-refractivity contribution in [2.24, 2.45) is 11.8 Å². The molecule has 98 valence electrons. The van der Waals surface area contributed by atoms with Crippen LogP contribution >= 0.6 is 0 Å². The second-order valence-electron chi connectivity index (χ2n) is 5.38. The van der Waals surface area contributed by atoms with Crippen LogP contribution in [0.1, 0.15) is 25.8 Å². The summed E-state index contributed by atoms with van der Waals surface area (Å²) in [7, 11) is 0. The molecular formula is C16H22O2. The molecule has 0 radical (unpaired) electrons. The van der Waals surface area contributed by atoms with Crippen molar-refractivity contribution in [3.05, 3.63) is 47.5 Å². The van der Waals surface area contributed by atoms with Gasteiger partial charge in [-0.05, 0) is 18.4 Å². The topological polar surface area (TPSA) is 40.5 Å². The maximum absolute atomic E-state index is 10.2. The van der Waals surface area contributed by atoms with Crippen LogP contribution in [0.15, 0.2) is 42.0 Å². The summed E-state index contributed by atoms with van der Waals surface area (Å²) in [5, 5.41) is 20.2. The van der Waals surface area contributed by atoms with E-state index in [4.69, 9.17) is 0 Å². The van der Waals surface area contributed by atoms with Crippen molar-refractivity contribution in [1.82, 2.24) is 0 Å². The van der Waals surface area contributed by atoms with Gasteiger partial charge in [0.15, 0.2) is 0 Å². The van der Waals surface area contributed by atoms with Gasteiger partial charge in [-0.25, -0.2) is 0 Å². The third-order valence-electron chi connectivity index (χ3n) is 4.12. The van der Waals surface area contributed by atoms with Gasteiger partial charge in [0.25, 0.3) is 0 Å². The molecule has 2 rings (SSSR count). The molecule has 0 amide bonds. The van der Waals surface area contributed by atoms with Crippen LogP contribution in [0.3, 0.4) is 0 Å². The normalized spacial score (nSPS) is 32.8. The fourth-order valence-electron chi connectivity index (χ4n) is 2.64. The maximum atomic E-state index is 10.2. The molecule has 1 aliphatic rings. The summed E-state index contributed by atoms with van der Waals surface area (Å²) in [6, 6.07) is 10.3. The molecule has 0 heterocycles. The van der Waals surface area contributed by atoms with Gasteiger partial charge in [0.1, 0.15) is 0 Å². The Morgan fingerprint density at radius 2 is 1.78 bits per heavy atom. The highest BCUT2D eigenvalue weighted by Gasteiger charge is 2.31. The molecule has 1 aliphatic carbocycles. The number of hydrogen-bond donors (Lipinski definition) is 2. The largest absolute Gasteiger partial charge is 0.392 e. The Bertz CT molecular complexity index is 410. The molecule has 4 atom stereocenters.